The molecular weight excluding hydrogens is 326 g/mol. The average molecular weight is 358 g/mol. The Morgan fingerprint density at radius 2 is 2.04 bits per heavy atom. The van der Waals surface area contributed by atoms with Crippen LogP contribution >= 0.6 is 0 Å². The summed E-state index contributed by atoms with van der Waals surface area (Å²) in [5, 5.41) is 7.93. The van der Waals surface area contributed by atoms with Gasteiger partial charge in [-0.1, -0.05) is 44.2 Å². The lowest BCUT2D eigenvalue weighted by atomic mass is 10.1. The van der Waals surface area contributed by atoms with E-state index in [0.29, 0.717) is 25.7 Å². The number of aromatic nitrogens is 2. The molecule has 142 valence electrons. The third-order valence-electron chi connectivity index (χ3n) is 4.11. The van der Waals surface area contributed by atoms with E-state index < -0.39 is 0 Å². The lowest BCUT2D eigenvalue weighted by molar-refractivity contribution is 0.125. The first kappa shape index (κ1) is 20.0. The summed E-state index contributed by atoms with van der Waals surface area (Å²) in [6, 6.07) is 10.2. The van der Waals surface area contributed by atoms with E-state index in [0.717, 1.165) is 18.2 Å². The Hall–Kier alpha value is -2.34. The molecule has 0 saturated heterocycles. The quantitative estimate of drug-likeness (QED) is 0.448. The van der Waals surface area contributed by atoms with Gasteiger partial charge < -0.3 is 15.0 Å². The summed E-state index contributed by atoms with van der Waals surface area (Å²) in [5.41, 5.74) is 3.56. The maximum absolute atomic E-state index is 5.72. The molecule has 0 unspecified atom stereocenters. The summed E-state index contributed by atoms with van der Waals surface area (Å²) in [6.07, 6.45) is 2.09. The Bertz CT molecular complexity index is 693. The fourth-order valence-corrected chi connectivity index (χ4v) is 2.88. The molecule has 2 rings (SSSR count). The summed E-state index contributed by atoms with van der Waals surface area (Å²) >= 11 is 0. The van der Waals surface area contributed by atoms with E-state index in [-0.39, 0.29) is 0 Å². The van der Waals surface area contributed by atoms with Crippen LogP contribution in [0.25, 0.3) is 0 Å². The van der Waals surface area contributed by atoms with E-state index in [2.05, 4.69) is 52.5 Å². The number of aryl methyl sites for hydroxylation is 1. The minimum Gasteiger partial charge on any atom is -0.375 e. The van der Waals surface area contributed by atoms with Gasteiger partial charge in [-0.25, -0.2) is 0 Å². The summed E-state index contributed by atoms with van der Waals surface area (Å²) < 4.78 is 7.60. The van der Waals surface area contributed by atoms with Crippen LogP contribution in [0, 0.1) is 0 Å². The Kier molecular flexibility index (Phi) is 7.66. The Balaban J connectivity index is 1.79. The Morgan fingerprint density at radius 1 is 1.31 bits per heavy atom. The molecule has 0 aliphatic rings. The normalized spacial score (nSPS) is 11.8. The van der Waals surface area contributed by atoms with E-state index in [9.17, 15) is 0 Å². The standard InChI is InChI=1S/C20H31N5O/c1-16(2)19-18(14-25(5)23-19)13-24(4)20(21-3)22-11-12-26-15-17-9-7-6-8-10-17/h6-10,14,16H,11-13,15H2,1-5H3,(H,21,22). The second-order valence-corrected chi connectivity index (χ2v) is 6.74. The molecule has 6 heteroatoms. The van der Waals surface area contributed by atoms with Gasteiger partial charge in [0.15, 0.2) is 5.96 Å². The van der Waals surface area contributed by atoms with E-state index in [4.69, 9.17) is 4.74 Å². The van der Waals surface area contributed by atoms with E-state index in [1.165, 1.54) is 11.1 Å². The first-order valence-corrected chi connectivity index (χ1v) is 9.07. The summed E-state index contributed by atoms with van der Waals surface area (Å²) in [5.74, 6) is 1.26. The zero-order valence-corrected chi connectivity index (χ0v) is 16.6. The first-order chi connectivity index (χ1) is 12.5. The van der Waals surface area contributed by atoms with Gasteiger partial charge in [0, 0.05) is 46.0 Å². The number of nitrogens with one attached hydrogen (secondary N) is 1. The molecule has 0 atom stereocenters. The maximum atomic E-state index is 5.72. The van der Waals surface area contributed by atoms with Crippen molar-refractivity contribution in [3.05, 3.63) is 53.3 Å². The third kappa shape index (κ3) is 5.88. The van der Waals surface area contributed by atoms with Crippen molar-refractivity contribution in [1.29, 1.82) is 0 Å². The molecule has 2 aromatic rings. The zero-order chi connectivity index (χ0) is 18.9. The average Bonchev–Trinajstić information content (AvgIpc) is 2.99. The fraction of sp³-hybridized carbons (Fsp3) is 0.500. The topological polar surface area (TPSA) is 54.7 Å². The highest BCUT2D eigenvalue weighted by Crippen LogP contribution is 2.18. The van der Waals surface area contributed by atoms with Crippen LogP contribution in [0.15, 0.2) is 41.5 Å². The van der Waals surface area contributed by atoms with Crippen LogP contribution in [0.2, 0.25) is 0 Å². The molecule has 0 aliphatic carbocycles. The van der Waals surface area contributed by atoms with Crippen molar-refractivity contribution in [2.45, 2.75) is 32.9 Å². The van der Waals surface area contributed by atoms with Gasteiger partial charge in [0.2, 0.25) is 0 Å². The monoisotopic (exact) mass is 357 g/mol. The number of guanidine groups is 1. The number of rotatable bonds is 8. The van der Waals surface area contributed by atoms with Gasteiger partial charge in [-0.05, 0) is 11.5 Å². The molecule has 0 amide bonds. The van der Waals surface area contributed by atoms with Crippen LogP contribution in [0.1, 0.15) is 36.6 Å². The zero-order valence-electron chi connectivity index (χ0n) is 16.6. The van der Waals surface area contributed by atoms with Crippen LogP contribution in [0.5, 0.6) is 0 Å². The lowest BCUT2D eigenvalue weighted by Crippen LogP contribution is -2.40. The molecule has 0 radical (unpaired) electrons. The highest BCUT2D eigenvalue weighted by atomic mass is 16.5. The SMILES string of the molecule is CN=C(NCCOCc1ccccc1)N(C)Cc1cn(C)nc1C(C)C. The molecule has 0 spiro atoms. The molecule has 6 nitrogen and oxygen atoms in total. The van der Waals surface area contributed by atoms with Crippen molar-refractivity contribution in [2.24, 2.45) is 12.0 Å². The summed E-state index contributed by atoms with van der Waals surface area (Å²) in [4.78, 5) is 6.48. The van der Waals surface area contributed by atoms with Crippen molar-refractivity contribution >= 4 is 5.96 Å². The lowest BCUT2D eigenvalue weighted by Gasteiger charge is -2.22. The molecule has 0 bridgehead atoms. The van der Waals surface area contributed by atoms with Gasteiger partial charge in [-0.15, -0.1) is 0 Å². The summed E-state index contributed by atoms with van der Waals surface area (Å²) in [6.45, 7) is 7.09. The molecule has 0 aliphatic heterocycles. The van der Waals surface area contributed by atoms with Crippen LogP contribution in [-0.2, 0) is 24.9 Å². The van der Waals surface area contributed by atoms with Gasteiger partial charge in [-0.2, -0.15) is 5.10 Å². The molecular formula is C20H31N5O. The van der Waals surface area contributed by atoms with Crippen molar-refractivity contribution in [3.63, 3.8) is 0 Å². The minimum absolute atomic E-state index is 0.404. The predicted molar refractivity (Wildman–Crippen MR) is 106 cm³/mol. The molecule has 0 fully saturated rings. The van der Waals surface area contributed by atoms with Crippen LogP contribution in [0.4, 0.5) is 0 Å². The van der Waals surface area contributed by atoms with Gasteiger partial charge in [0.1, 0.15) is 0 Å². The van der Waals surface area contributed by atoms with E-state index in [1.807, 2.05) is 37.0 Å². The maximum Gasteiger partial charge on any atom is 0.193 e. The number of hydrogen-bond acceptors (Lipinski definition) is 3. The van der Waals surface area contributed by atoms with Gasteiger partial charge >= 0.3 is 0 Å². The minimum atomic E-state index is 0.404. The predicted octanol–water partition coefficient (Wildman–Crippen LogP) is 2.77. The van der Waals surface area contributed by atoms with Crippen molar-refractivity contribution in [3.8, 4) is 0 Å². The Morgan fingerprint density at radius 3 is 2.69 bits per heavy atom. The van der Waals surface area contributed by atoms with Gasteiger partial charge in [-0.3, -0.25) is 9.67 Å². The highest BCUT2D eigenvalue weighted by Gasteiger charge is 2.14. The fourth-order valence-electron chi connectivity index (χ4n) is 2.88. The third-order valence-corrected chi connectivity index (χ3v) is 4.11. The first-order valence-electron chi connectivity index (χ1n) is 9.07. The molecule has 1 heterocycles. The van der Waals surface area contributed by atoms with Crippen LogP contribution in [0.3, 0.4) is 0 Å². The van der Waals surface area contributed by atoms with Crippen LogP contribution in [-0.4, -0.2) is 47.9 Å². The summed E-state index contributed by atoms with van der Waals surface area (Å²) in [7, 11) is 5.81. The number of hydrogen-bond donors (Lipinski definition) is 1. The van der Waals surface area contributed by atoms with Crippen LogP contribution < -0.4 is 5.32 Å². The van der Waals surface area contributed by atoms with E-state index in [1.54, 1.807) is 7.05 Å². The molecule has 26 heavy (non-hydrogen) atoms. The number of nitrogens with zero attached hydrogens (tertiary/aromatic N) is 4. The number of benzene rings is 1. The number of ether oxygens (including phenoxy) is 1. The Labute approximate surface area is 156 Å². The molecule has 1 N–H and O–H groups in total. The molecule has 1 aromatic carbocycles. The van der Waals surface area contributed by atoms with Crippen molar-refractivity contribution < 1.29 is 4.74 Å². The smallest absolute Gasteiger partial charge is 0.193 e. The van der Waals surface area contributed by atoms with Crippen molar-refractivity contribution in [1.82, 2.24) is 20.0 Å². The van der Waals surface area contributed by atoms with Gasteiger partial charge in [0.05, 0.1) is 18.9 Å². The number of aliphatic imine (C=N–C) groups is 1. The van der Waals surface area contributed by atoms with E-state index >= 15 is 0 Å². The molecule has 1 aromatic heterocycles. The highest BCUT2D eigenvalue weighted by molar-refractivity contribution is 5.79. The second-order valence-electron chi connectivity index (χ2n) is 6.74. The second kappa shape index (κ2) is 9.97. The van der Waals surface area contributed by atoms with Gasteiger partial charge in [0.25, 0.3) is 0 Å². The molecule has 0 saturated carbocycles. The largest absolute Gasteiger partial charge is 0.375 e. The van der Waals surface area contributed by atoms with Crippen molar-refractivity contribution in [2.75, 3.05) is 27.2 Å².